The van der Waals surface area contributed by atoms with E-state index < -0.39 is 0 Å². The molecule has 2 aromatic carbocycles. The second kappa shape index (κ2) is 8.80. The molecule has 1 amide bonds. The van der Waals surface area contributed by atoms with Crippen LogP contribution in [0.1, 0.15) is 21.6 Å². The molecular formula is C21H22N4O2. The lowest BCUT2D eigenvalue weighted by Gasteiger charge is -2.11. The van der Waals surface area contributed by atoms with Crippen LogP contribution in [-0.4, -0.2) is 29.8 Å². The average molecular weight is 362 g/mol. The van der Waals surface area contributed by atoms with Crippen LogP contribution in [0.3, 0.4) is 0 Å². The van der Waals surface area contributed by atoms with Crippen LogP contribution in [0.15, 0.2) is 60.7 Å². The molecule has 0 radical (unpaired) electrons. The van der Waals surface area contributed by atoms with E-state index in [2.05, 4.69) is 20.8 Å². The summed E-state index contributed by atoms with van der Waals surface area (Å²) in [5, 5.41) is 14.1. The number of ether oxygens (including phenoxy) is 1. The third kappa shape index (κ3) is 5.04. The predicted molar refractivity (Wildman–Crippen MR) is 106 cm³/mol. The molecule has 2 N–H and O–H groups in total. The van der Waals surface area contributed by atoms with E-state index in [1.54, 1.807) is 19.2 Å². The fraction of sp³-hybridized carbons (Fsp3) is 0.190. The van der Waals surface area contributed by atoms with E-state index in [1.165, 1.54) is 5.56 Å². The zero-order valence-corrected chi connectivity index (χ0v) is 15.4. The molecule has 0 saturated heterocycles. The summed E-state index contributed by atoms with van der Waals surface area (Å²) in [4.78, 5) is 12.2. The maximum atomic E-state index is 12.2. The van der Waals surface area contributed by atoms with Crippen molar-refractivity contribution in [1.29, 1.82) is 0 Å². The van der Waals surface area contributed by atoms with Crippen LogP contribution in [0.4, 0.5) is 11.5 Å². The number of carbonyl (C=O) groups is 1. The van der Waals surface area contributed by atoms with Gasteiger partial charge in [0.1, 0.15) is 5.75 Å². The number of methoxy groups -OCH3 is 1. The zero-order chi connectivity index (χ0) is 19.1. The van der Waals surface area contributed by atoms with Gasteiger partial charge in [0.25, 0.3) is 5.91 Å². The van der Waals surface area contributed by atoms with E-state index in [9.17, 15) is 4.79 Å². The summed E-state index contributed by atoms with van der Waals surface area (Å²) >= 11 is 0. The van der Waals surface area contributed by atoms with Gasteiger partial charge >= 0.3 is 0 Å². The highest BCUT2D eigenvalue weighted by atomic mass is 16.5. The summed E-state index contributed by atoms with van der Waals surface area (Å²) in [6, 6.07) is 19.2. The van der Waals surface area contributed by atoms with Gasteiger partial charge < -0.3 is 15.4 Å². The molecule has 6 nitrogen and oxygen atoms in total. The molecule has 0 unspecified atom stereocenters. The van der Waals surface area contributed by atoms with Gasteiger partial charge in [-0.25, -0.2) is 0 Å². The number of aryl methyl sites for hydroxylation is 1. The molecule has 0 spiro atoms. The monoisotopic (exact) mass is 362 g/mol. The van der Waals surface area contributed by atoms with Crippen molar-refractivity contribution in [2.75, 3.05) is 19.0 Å². The fourth-order valence-corrected chi connectivity index (χ4v) is 2.63. The number of carbonyl (C=O) groups excluding carboxylic acids is 1. The Labute approximate surface area is 158 Å². The topological polar surface area (TPSA) is 76.1 Å². The predicted octanol–water partition coefficient (Wildman–Crippen LogP) is 3.51. The molecule has 1 heterocycles. The van der Waals surface area contributed by atoms with Gasteiger partial charge in [-0.05, 0) is 48.7 Å². The van der Waals surface area contributed by atoms with Crippen LogP contribution in [0, 0.1) is 6.92 Å². The molecule has 0 bridgehead atoms. The summed E-state index contributed by atoms with van der Waals surface area (Å²) in [5.74, 6) is 1.02. The summed E-state index contributed by atoms with van der Waals surface area (Å²) in [6.45, 7) is 2.55. The fourth-order valence-electron chi connectivity index (χ4n) is 2.63. The van der Waals surface area contributed by atoms with Gasteiger partial charge in [-0.2, -0.15) is 0 Å². The molecule has 3 rings (SSSR count). The summed E-state index contributed by atoms with van der Waals surface area (Å²) in [6.07, 6.45) is 0.771. The first kappa shape index (κ1) is 18.4. The maximum Gasteiger partial charge on any atom is 0.271 e. The lowest BCUT2D eigenvalue weighted by molar-refractivity contribution is 0.0948. The number of aromatic nitrogens is 2. The first-order chi connectivity index (χ1) is 13.2. The summed E-state index contributed by atoms with van der Waals surface area (Å²) in [7, 11) is 1.62. The Hall–Kier alpha value is -3.41. The van der Waals surface area contributed by atoms with Crippen LogP contribution < -0.4 is 15.4 Å². The standard InChI is InChI=1S/C21H22N4O2/c1-15-8-10-19(27-2)18(14-15)23-20-11-9-17(24-25-20)21(26)22-13-12-16-6-4-3-5-7-16/h3-11,14H,12-13H2,1-2H3,(H,22,26)(H,23,25). The lowest BCUT2D eigenvalue weighted by atomic mass is 10.1. The van der Waals surface area contributed by atoms with Crippen molar-refractivity contribution < 1.29 is 9.53 Å². The van der Waals surface area contributed by atoms with Crippen molar-refractivity contribution in [3.63, 3.8) is 0 Å². The normalized spacial score (nSPS) is 10.3. The van der Waals surface area contributed by atoms with Crippen LogP contribution in [-0.2, 0) is 6.42 Å². The first-order valence-electron chi connectivity index (χ1n) is 8.73. The molecular weight excluding hydrogens is 340 g/mol. The van der Waals surface area contributed by atoms with Gasteiger partial charge in [-0.15, -0.1) is 10.2 Å². The minimum Gasteiger partial charge on any atom is -0.495 e. The molecule has 3 aromatic rings. The Morgan fingerprint density at radius 1 is 1.04 bits per heavy atom. The van der Waals surface area contributed by atoms with Crippen molar-refractivity contribution >= 4 is 17.4 Å². The van der Waals surface area contributed by atoms with Crippen molar-refractivity contribution in [2.45, 2.75) is 13.3 Å². The van der Waals surface area contributed by atoms with Gasteiger partial charge in [-0.3, -0.25) is 4.79 Å². The second-order valence-corrected chi connectivity index (χ2v) is 6.12. The molecule has 0 saturated carbocycles. The van der Waals surface area contributed by atoms with Crippen molar-refractivity contribution in [2.24, 2.45) is 0 Å². The van der Waals surface area contributed by atoms with Gasteiger partial charge in [-0.1, -0.05) is 36.4 Å². The van der Waals surface area contributed by atoms with Crippen LogP contribution >= 0.6 is 0 Å². The molecule has 0 aliphatic carbocycles. The minimum atomic E-state index is -0.238. The van der Waals surface area contributed by atoms with Gasteiger partial charge in [0.05, 0.1) is 12.8 Å². The van der Waals surface area contributed by atoms with Crippen molar-refractivity contribution in [3.8, 4) is 5.75 Å². The molecule has 0 atom stereocenters. The Kier molecular flexibility index (Phi) is 5.99. The molecule has 6 heteroatoms. The van der Waals surface area contributed by atoms with Gasteiger partial charge in [0.15, 0.2) is 11.5 Å². The van der Waals surface area contributed by atoms with E-state index in [0.29, 0.717) is 18.1 Å². The zero-order valence-electron chi connectivity index (χ0n) is 15.4. The number of hydrogen-bond acceptors (Lipinski definition) is 5. The molecule has 138 valence electrons. The highest BCUT2D eigenvalue weighted by Gasteiger charge is 2.09. The van der Waals surface area contributed by atoms with Gasteiger partial charge in [0, 0.05) is 6.54 Å². The smallest absolute Gasteiger partial charge is 0.271 e. The molecule has 1 aromatic heterocycles. The van der Waals surface area contributed by atoms with Crippen LogP contribution in [0.2, 0.25) is 0 Å². The Bertz CT molecular complexity index is 896. The average Bonchev–Trinajstić information content (AvgIpc) is 2.69. The second-order valence-electron chi connectivity index (χ2n) is 6.12. The minimum absolute atomic E-state index is 0.238. The third-order valence-electron chi connectivity index (χ3n) is 4.06. The Morgan fingerprint density at radius 3 is 2.56 bits per heavy atom. The van der Waals surface area contributed by atoms with E-state index in [4.69, 9.17) is 4.74 Å². The molecule has 27 heavy (non-hydrogen) atoms. The number of nitrogens with zero attached hydrogens (tertiary/aromatic N) is 2. The largest absolute Gasteiger partial charge is 0.495 e. The SMILES string of the molecule is COc1ccc(C)cc1Nc1ccc(C(=O)NCCc2ccccc2)nn1. The van der Waals surface area contributed by atoms with Crippen LogP contribution in [0.5, 0.6) is 5.75 Å². The number of nitrogens with one attached hydrogen (secondary N) is 2. The van der Waals surface area contributed by atoms with Gasteiger partial charge in [0.2, 0.25) is 0 Å². The summed E-state index contributed by atoms with van der Waals surface area (Å²) in [5.41, 5.74) is 3.35. The van der Waals surface area contributed by atoms with Crippen molar-refractivity contribution in [3.05, 3.63) is 77.5 Å². The van der Waals surface area contributed by atoms with E-state index in [0.717, 1.165) is 17.7 Å². The molecule has 0 aliphatic rings. The third-order valence-corrected chi connectivity index (χ3v) is 4.06. The highest BCUT2D eigenvalue weighted by Crippen LogP contribution is 2.27. The number of anilines is 2. The molecule has 0 fully saturated rings. The van der Waals surface area contributed by atoms with Crippen molar-refractivity contribution in [1.82, 2.24) is 15.5 Å². The number of amides is 1. The molecule has 0 aliphatic heterocycles. The lowest BCUT2D eigenvalue weighted by Crippen LogP contribution is -2.26. The number of rotatable bonds is 7. The number of hydrogen-bond donors (Lipinski definition) is 2. The Balaban J connectivity index is 1.58. The van der Waals surface area contributed by atoms with E-state index >= 15 is 0 Å². The Morgan fingerprint density at radius 2 is 1.85 bits per heavy atom. The van der Waals surface area contributed by atoms with E-state index in [1.807, 2.05) is 55.5 Å². The maximum absolute atomic E-state index is 12.2. The first-order valence-corrected chi connectivity index (χ1v) is 8.73. The highest BCUT2D eigenvalue weighted by molar-refractivity contribution is 5.92. The summed E-state index contributed by atoms with van der Waals surface area (Å²) < 4.78 is 5.34. The van der Waals surface area contributed by atoms with Crippen LogP contribution in [0.25, 0.3) is 0 Å². The quantitative estimate of drug-likeness (QED) is 0.673. The number of benzene rings is 2. The van der Waals surface area contributed by atoms with E-state index in [-0.39, 0.29) is 11.6 Å².